The molecule has 5 nitrogen and oxygen atoms in total. The number of aromatic nitrogens is 4. The Bertz CT molecular complexity index is 785. The molecule has 102 valence electrons. The van der Waals surface area contributed by atoms with Crippen molar-refractivity contribution in [2.45, 2.75) is 0 Å². The van der Waals surface area contributed by atoms with Crippen molar-refractivity contribution in [1.82, 2.24) is 19.7 Å². The zero-order chi connectivity index (χ0) is 14.1. The maximum atomic E-state index is 5.15. The fourth-order valence-electron chi connectivity index (χ4n) is 1.81. The van der Waals surface area contributed by atoms with Gasteiger partial charge >= 0.3 is 0 Å². The molecule has 2 aromatic heterocycles. The van der Waals surface area contributed by atoms with Gasteiger partial charge in [-0.1, -0.05) is 0 Å². The molecule has 0 saturated heterocycles. The second-order valence-electron chi connectivity index (χ2n) is 4.17. The number of ether oxygens (including phenoxy) is 1. The van der Waals surface area contributed by atoms with Gasteiger partial charge in [0.25, 0.3) is 0 Å². The second kappa shape index (κ2) is 5.18. The Morgan fingerprint density at radius 1 is 1.30 bits per heavy atom. The van der Waals surface area contributed by atoms with E-state index in [1.54, 1.807) is 18.4 Å². The lowest BCUT2D eigenvalue weighted by atomic mass is 10.2. The highest BCUT2D eigenvalue weighted by Gasteiger charge is 2.11. The summed E-state index contributed by atoms with van der Waals surface area (Å²) in [5.74, 6) is 1.63. The van der Waals surface area contributed by atoms with Crippen molar-refractivity contribution in [3.05, 3.63) is 35.2 Å². The maximum absolute atomic E-state index is 5.15. The van der Waals surface area contributed by atoms with Crippen LogP contribution in [0, 0.1) is 4.77 Å². The summed E-state index contributed by atoms with van der Waals surface area (Å²) >= 11 is 6.70. The fraction of sp³-hybridized carbons (Fsp3) is 0.154. The number of nitrogens with zero attached hydrogens (tertiary/aromatic N) is 3. The van der Waals surface area contributed by atoms with E-state index in [4.69, 9.17) is 17.0 Å². The van der Waals surface area contributed by atoms with Crippen LogP contribution >= 0.6 is 23.6 Å². The predicted molar refractivity (Wildman–Crippen MR) is 81.5 cm³/mol. The quantitative estimate of drug-likeness (QED) is 0.755. The Labute approximate surface area is 124 Å². The van der Waals surface area contributed by atoms with Crippen LogP contribution in [0.1, 0.15) is 0 Å². The van der Waals surface area contributed by atoms with Crippen LogP contribution in [0.2, 0.25) is 0 Å². The predicted octanol–water partition coefficient (Wildman–Crippen LogP) is 3.28. The van der Waals surface area contributed by atoms with Crippen molar-refractivity contribution in [2.24, 2.45) is 7.05 Å². The molecular weight excluding hydrogens is 292 g/mol. The summed E-state index contributed by atoms with van der Waals surface area (Å²) in [6.07, 6.45) is 1.81. The molecule has 0 spiro atoms. The van der Waals surface area contributed by atoms with Crippen molar-refractivity contribution in [3.8, 4) is 27.0 Å². The Kier molecular flexibility index (Phi) is 3.37. The molecule has 7 heteroatoms. The summed E-state index contributed by atoms with van der Waals surface area (Å²) in [5.41, 5.74) is 1.05. The molecular formula is C13H12N4OS2. The summed E-state index contributed by atoms with van der Waals surface area (Å²) in [7, 11) is 3.54. The monoisotopic (exact) mass is 304 g/mol. The van der Waals surface area contributed by atoms with Gasteiger partial charge in [-0.15, -0.1) is 11.3 Å². The standard InChI is InChI=1S/C13H12N4OS2/c1-17-11(15-16-13(17)19)10-7-14-12(20-10)8-3-5-9(18-2)6-4-8/h3-7H,1-2H3,(H,16,19). The van der Waals surface area contributed by atoms with Crippen LogP contribution < -0.4 is 4.74 Å². The number of aromatic amines is 1. The summed E-state index contributed by atoms with van der Waals surface area (Å²) in [6, 6.07) is 7.83. The first-order valence-corrected chi connectivity index (χ1v) is 7.13. The van der Waals surface area contributed by atoms with E-state index in [9.17, 15) is 0 Å². The minimum atomic E-state index is 0.597. The molecule has 0 aliphatic heterocycles. The van der Waals surface area contributed by atoms with Crippen LogP contribution in [0.25, 0.3) is 21.3 Å². The molecule has 0 saturated carbocycles. The third-order valence-electron chi connectivity index (χ3n) is 2.94. The van der Waals surface area contributed by atoms with Crippen molar-refractivity contribution in [3.63, 3.8) is 0 Å². The largest absolute Gasteiger partial charge is 0.497 e. The first kappa shape index (κ1) is 13.0. The summed E-state index contributed by atoms with van der Waals surface area (Å²) in [6.45, 7) is 0. The van der Waals surface area contributed by atoms with Gasteiger partial charge in [-0.2, -0.15) is 5.10 Å². The first-order valence-electron chi connectivity index (χ1n) is 5.91. The summed E-state index contributed by atoms with van der Waals surface area (Å²) in [5, 5.41) is 7.94. The summed E-state index contributed by atoms with van der Waals surface area (Å²) in [4.78, 5) is 5.42. The van der Waals surface area contributed by atoms with Crippen molar-refractivity contribution in [1.29, 1.82) is 0 Å². The number of rotatable bonds is 3. The van der Waals surface area contributed by atoms with Gasteiger partial charge in [0, 0.05) is 18.8 Å². The van der Waals surface area contributed by atoms with E-state index in [-0.39, 0.29) is 0 Å². The fourth-order valence-corrected chi connectivity index (χ4v) is 2.89. The van der Waals surface area contributed by atoms with Crippen LogP contribution in [-0.4, -0.2) is 26.9 Å². The molecule has 1 aromatic carbocycles. The number of H-pyrrole nitrogens is 1. The third kappa shape index (κ3) is 2.25. The lowest BCUT2D eigenvalue weighted by Gasteiger charge is -2.00. The van der Waals surface area contributed by atoms with Crippen LogP contribution in [-0.2, 0) is 7.05 Å². The molecule has 1 N–H and O–H groups in total. The number of benzene rings is 1. The van der Waals surface area contributed by atoms with Gasteiger partial charge in [-0.25, -0.2) is 4.98 Å². The molecule has 0 unspecified atom stereocenters. The Morgan fingerprint density at radius 3 is 2.65 bits per heavy atom. The first-order chi connectivity index (χ1) is 9.69. The zero-order valence-corrected chi connectivity index (χ0v) is 12.6. The number of methoxy groups -OCH3 is 1. The molecule has 0 amide bonds. The van der Waals surface area contributed by atoms with Crippen LogP contribution in [0.15, 0.2) is 30.5 Å². The molecule has 0 fully saturated rings. The SMILES string of the molecule is COc1ccc(-c2ncc(-c3n[nH]c(=S)n3C)s2)cc1. The zero-order valence-electron chi connectivity index (χ0n) is 11.0. The Balaban J connectivity index is 1.97. The van der Waals surface area contributed by atoms with Gasteiger partial charge in [0.15, 0.2) is 10.6 Å². The van der Waals surface area contributed by atoms with Crippen molar-refractivity contribution in [2.75, 3.05) is 7.11 Å². The van der Waals surface area contributed by atoms with Crippen LogP contribution in [0.3, 0.4) is 0 Å². The average molecular weight is 304 g/mol. The molecule has 0 bridgehead atoms. The minimum Gasteiger partial charge on any atom is -0.497 e. The van der Waals surface area contributed by atoms with Gasteiger partial charge < -0.3 is 9.30 Å². The van der Waals surface area contributed by atoms with Gasteiger partial charge in [0.2, 0.25) is 0 Å². The van der Waals surface area contributed by atoms with Crippen LogP contribution in [0.5, 0.6) is 5.75 Å². The van der Waals surface area contributed by atoms with E-state index in [2.05, 4.69) is 15.2 Å². The number of nitrogens with one attached hydrogen (secondary N) is 1. The van der Waals surface area contributed by atoms with E-state index in [0.29, 0.717) is 4.77 Å². The maximum Gasteiger partial charge on any atom is 0.195 e. The highest BCUT2D eigenvalue weighted by atomic mass is 32.1. The van der Waals surface area contributed by atoms with E-state index in [0.717, 1.165) is 27.0 Å². The molecule has 0 radical (unpaired) electrons. The minimum absolute atomic E-state index is 0.597. The molecule has 0 aliphatic carbocycles. The van der Waals surface area contributed by atoms with E-state index >= 15 is 0 Å². The van der Waals surface area contributed by atoms with Gasteiger partial charge in [-0.3, -0.25) is 5.10 Å². The molecule has 3 rings (SSSR count). The Hall–Kier alpha value is -1.99. The molecule has 0 atom stereocenters. The van der Waals surface area contributed by atoms with Crippen molar-refractivity contribution < 1.29 is 4.74 Å². The molecule has 3 aromatic rings. The molecule has 20 heavy (non-hydrogen) atoms. The number of thiazole rings is 1. The van der Waals surface area contributed by atoms with E-state index in [1.807, 2.05) is 42.1 Å². The average Bonchev–Trinajstić information content (AvgIpc) is 3.08. The van der Waals surface area contributed by atoms with E-state index in [1.165, 1.54) is 0 Å². The van der Waals surface area contributed by atoms with Crippen LogP contribution in [0.4, 0.5) is 0 Å². The third-order valence-corrected chi connectivity index (χ3v) is 4.35. The number of hydrogen-bond donors (Lipinski definition) is 1. The highest BCUT2D eigenvalue weighted by molar-refractivity contribution is 7.71. The smallest absolute Gasteiger partial charge is 0.195 e. The van der Waals surface area contributed by atoms with Gasteiger partial charge in [-0.05, 0) is 36.5 Å². The highest BCUT2D eigenvalue weighted by Crippen LogP contribution is 2.31. The second-order valence-corrected chi connectivity index (χ2v) is 5.59. The molecule has 2 heterocycles. The summed E-state index contributed by atoms with van der Waals surface area (Å²) < 4.78 is 7.58. The van der Waals surface area contributed by atoms with E-state index < -0.39 is 0 Å². The number of hydrogen-bond acceptors (Lipinski definition) is 5. The topological polar surface area (TPSA) is 55.7 Å². The lowest BCUT2D eigenvalue weighted by Crippen LogP contribution is -1.89. The normalized spacial score (nSPS) is 10.7. The van der Waals surface area contributed by atoms with Crippen molar-refractivity contribution >= 4 is 23.6 Å². The Morgan fingerprint density at radius 2 is 2.05 bits per heavy atom. The molecule has 0 aliphatic rings. The lowest BCUT2D eigenvalue weighted by molar-refractivity contribution is 0.415. The van der Waals surface area contributed by atoms with Gasteiger partial charge in [0.05, 0.1) is 12.0 Å². The van der Waals surface area contributed by atoms with Gasteiger partial charge in [0.1, 0.15) is 10.8 Å².